The van der Waals surface area contributed by atoms with E-state index >= 15 is 0 Å². The first kappa shape index (κ1) is 8.60. The van der Waals surface area contributed by atoms with Gasteiger partial charge in [0.15, 0.2) is 0 Å². The average molecular weight is 200 g/mol. The van der Waals surface area contributed by atoms with E-state index < -0.39 is 0 Å². The SMILES string of the molecule is COc1ccc2c3c(ccc2c1)CCO3. The maximum atomic E-state index is 5.64. The van der Waals surface area contributed by atoms with Gasteiger partial charge in [0.25, 0.3) is 0 Å². The molecule has 0 N–H and O–H groups in total. The highest BCUT2D eigenvalue weighted by molar-refractivity contribution is 5.91. The summed E-state index contributed by atoms with van der Waals surface area (Å²) in [6, 6.07) is 10.4. The van der Waals surface area contributed by atoms with Crippen molar-refractivity contribution in [2.45, 2.75) is 6.42 Å². The predicted octanol–water partition coefficient (Wildman–Crippen LogP) is 2.78. The van der Waals surface area contributed by atoms with E-state index in [2.05, 4.69) is 18.2 Å². The Morgan fingerprint density at radius 1 is 1.20 bits per heavy atom. The zero-order valence-electron chi connectivity index (χ0n) is 8.62. The summed E-state index contributed by atoms with van der Waals surface area (Å²) in [5.41, 5.74) is 1.31. The smallest absolute Gasteiger partial charge is 0.130 e. The quantitative estimate of drug-likeness (QED) is 0.704. The second-order valence-corrected chi connectivity index (χ2v) is 3.74. The van der Waals surface area contributed by atoms with Crippen molar-refractivity contribution in [2.24, 2.45) is 0 Å². The van der Waals surface area contributed by atoms with Crippen LogP contribution in [-0.4, -0.2) is 13.7 Å². The molecule has 0 amide bonds. The van der Waals surface area contributed by atoms with Crippen molar-refractivity contribution in [1.82, 2.24) is 0 Å². The van der Waals surface area contributed by atoms with Gasteiger partial charge in [0.05, 0.1) is 13.7 Å². The maximum Gasteiger partial charge on any atom is 0.130 e. The van der Waals surface area contributed by atoms with Crippen LogP contribution in [0.2, 0.25) is 0 Å². The van der Waals surface area contributed by atoms with Crippen LogP contribution in [0.5, 0.6) is 11.5 Å². The van der Waals surface area contributed by atoms with E-state index in [0.717, 1.165) is 24.5 Å². The minimum Gasteiger partial charge on any atom is -0.497 e. The summed E-state index contributed by atoms with van der Waals surface area (Å²) in [6.45, 7) is 0.806. The van der Waals surface area contributed by atoms with Crippen LogP contribution in [0.15, 0.2) is 30.3 Å². The molecule has 0 unspecified atom stereocenters. The van der Waals surface area contributed by atoms with Crippen LogP contribution < -0.4 is 9.47 Å². The Hall–Kier alpha value is -1.70. The van der Waals surface area contributed by atoms with Gasteiger partial charge in [0.1, 0.15) is 11.5 Å². The third-order valence-electron chi connectivity index (χ3n) is 2.88. The van der Waals surface area contributed by atoms with E-state index in [1.165, 1.54) is 16.3 Å². The van der Waals surface area contributed by atoms with Crippen LogP contribution in [0.25, 0.3) is 10.8 Å². The van der Waals surface area contributed by atoms with E-state index in [1.54, 1.807) is 7.11 Å². The molecule has 3 rings (SSSR count). The molecule has 1 aliphatic rings. The molecule has 0 aromatic heterocycles. The zero-order chi connectivity index (χ0) is 10.3. The van der Waals surface area contributed by atoms with E-state index in [4.69, 9.17) is 9.47 Å². The van der Waals surface area contributed by atoms with E-state index in [1.807, 2.05) is 12.1 Å². The van der Waals surface area contributed by atoms with Crippen LogP contribution in [0.1, 0.15) is 5.56 Å². The lowest BCUT2D eigenvalue weighted by molar-refractivity contribution is 0.360. The first-order valence-corrected chi connectivity index (χ1v) is 5.11. The van der Waals surface area contributed by atoms with E-state index in [0.29, 0.717) is 0 Å². The first-order chi connectivity index (χ1) is 7.38. The minimum absolute atomic E-state index is 0.806. The molecule has 0 spiro atoms. The summed E-state index contributed by atoms with van der Waals surface area (Å²) in [5.74, 6) is 1.94. The number of hydrogen-bond donors (Lipinski definition) is 0. The fraction of sp³-hybridized carbons (Fsp3) is 0.231. The topological polar surface area (TPSA) is 18.5 Å². The second-order valence-electron chi connectivity index (χ2n) is 3.74. The first-order valence-electron chi connectivity index (χ1n) is 5.11. The van der Waals surface area contributed by atoms with Crippen molar-refractivity contribution >= 4 is 10.8 Å². The van der Waals surface area contributed by atoms with Crippen LogP contribution in [0, 0.1) is 0 Å². The van der Waals surface area contributed by atoms with Crippen LogP contribution in [0.4, 0.5) is 0 Å². The van der Waals surface area contributed by atoms with Gasteiger partial charge in [0.2, 0.25) is 0 Å². The fourth-order valence-electron chi connectivity index (χ4n) is 2.08. The normalized spacial score (nSPS) is 13.7. The summed E-state index contributed by atoms with van der Waals surface area (Å²) < 4.78 is 10.8. The second kappa shape index (κ2) is 3.16. The van der Waals surface area contributed by atoms with Gasteiger partial charge in [-0.2, -0.15) is 0 Å². The monoisotopic (exact) mass is 200 g/mol. The molecule has 76 valence electrons. The van der Waals surface area contributed by atoms with Gasteiger partial charge < -0.3 is 9.47 Å². The molecule has 0 bridgehead atoms. The summed E-state index contributed by atoms with van der Waals surface area (Å²) >= 11 is 0. The third kappa shape index (κ3) is 1.25. The lowest BCUT2D eigenvalue weighted by Gasteiger charge is -2.06. The number of fused-ring (bicyclic) bond motifs is 3. The number of benzene rings is 2. The van der Waals surface area contributed by atoms with Gasteiger partial charge in [-0.25, -0.2) is 0 Å². The van der Waals surface area contributed by atoms with Crippen molar-refractivity contribution in [1.29, 1.82) is 0 Å². The van der Waals surface area contributed by atoms with Crippen molar-refractivity contribution in [2.75, 3.05) is 13.7 Å². The lowest BCUT2D eigenvalue weighted by atomic mass is 10.0. The maximum absolute atomic E-state index is 5.64. The predicted molar refractivity (Wildman–Crippen MR) is 59.7 cm³/mol. The number of ether oxygens (including phenoxy) is 2. The minimum atomic E-state index is 0.806. The number of rotatable bonds is 1. The molecule has 0 fully saturated rings. The Kier molecular flexibility index (Phi) is 1.81. The van der Waals surface area contributed by atoms with Gasteiger partial charge in [0, 0.05) is 11.8 Å². The lowest BCUT2D eigenvalue weighted by Crippen LogP contribution is -1.87. The van der Waals surface area contributed by atoms with Gasteiger partial charge in [-0.1, -0.05) is 12.1 Å². The fourth-order valence-corrected chi connectivity index (χ4v) is 2.08. The molecule has 2 aromatic carbocycles. The van der Waals surface area contributed by atoms with E-state index in [9.17, 15) is 0 Å². The van der Waals surface area contributed by atoms with Crippen molar-refractivity contribution in [3.63, 3.8) is 0 Å². The molecular weight excluding hydrogens is 188 g/mol. The van der Waals surface area contributed by atoms with Crippen molar-refractivity contribution in [3.05, 3.63) is 35.9 Å². The molecule has 0 atom stereocenters. The zero-order valence-corrected chi connectivity index (χ0v) is 8.62. The van der Waals surface area contributed by atoms with Gasteiger partial charge in [-0.3, -0.25) is 0 Å². The van der Waals surface area contributed by atoms with Crippen molar-refractivity contribution < 1.29 is 9.47 Å². The van der Waals surface area contributed by atoms with Crippen LogP contribution in [-0.2, 0) is 6.42 Å². The molecule has 1 heterocycles. The average Bonchev–Trinajstić information content (AvgIpc) is 2.76. The molecule has 0 radical (unpaired) electrons. The molecule has 2 heteroatoms. The molecule has 0 saturated heterocycles. The molecule has 0 saturated carbocycles. The molecule has 1 aliphatic heterocycles. The highest BCUT2D eigenvalue weighted by Gasteiger charge is 2.14. The Morgan fingerprint density at radius 3 is 3.00 bits per heavy atom. The number of hydrogen-bond acceptors (Lipinski definition) is 2. The standard InChI is InChI=1S/C13H12O2/c1-14-11-4-5-12-10(8-11)3-2-9-6-7-15-13(9)12/h2-5,8H,6-7H2,1H3. The summed E-state index contributed by atoms with van der Waals surface area (Å²) in [7, 11) is 1.69. The molecule has 2 nitrogen and oxygen atoms in total. The Bertz CT molecular complexity index is 517. The highest BCUT2D eigenvalue weighted by atomic mass is 16.5. The summed E-state index contributed by atoms with van der Waals surface area (Å²) in [6.07, 6.45) is 1.03. The van der Waals surface area contributed by atoms with Gasteiger partial charge in [-0.05, 0) is 29.1 Å². The van der Waals surface area contributed by atoms with Gasteiger partial charge >= 0.3 is 0 Å². The highest BCUT2D eigenvalue weighted by Crippen LogP contribution is 2.35. The Morgan fingerprint density at radius 2 is 2.13 bits per heavy atom. The molecule has 0 aliphatic carbocycles. The summed E-state index contributed by atoms with van der Waals surface area (Å²) in [4.78, 5) is 0. The van der Waals surface area contributed by atoms with Gasteiger partial charge in [-0.15, -0.1) is 0 Å². The third-order valence-corrected chi connectivity index (χ3v) is 2.88. The Balaban J connectivity index is 2.29. The molecule has 2 aromatic rings. The van der Waals surface area contributed by atoms with Crippen LogP contribution in [0.3, 0.4) is 0 Å². The van der Waals surface area contributed by atoms with Crippen molar-refractivity contribution in [3.8, 4) is 11.5 Å². The molecule has 15 heavy (non-hydrogen) atoms. The largest absolute Gasteiger partial charge is 0.497 e. The Labute approximate surface area is 88.4 Å². The number of methoxy groups -OCH3 is 1. The van der Waals surface area contributed by atoms with Crippen LogP contribution >= 0.6 is 0 Å². The molecular formula is C13H12O2. The summed E-state index contributed by atoms with van der Waals surface area (Å²) in [5, 5.41) is 2.36. The van der Waals surface area contributed by atoms with E-state index in [-0.39, 0.29) is 0 Å².